The van der Waals surface area contributed by atoms with Gasteiger partial charge in [-0.15, -0.1) is 0 Å². The van der Waals surface area contributed by atoms with Gasteiger partial charge < -0.3 is 15.5 Å². The highest BCUT2D eigenvalue weighted by atomic mass is 15.0. The largest absolute Gasteiger partial charge is 0.399 e. The first kappa shape index (κ1) is 8.73. The van der Waals surface area contributed by atoms with Crippen LogP contribution < -0.4 is 11.1 Å². The molecule has 0 aliphatic carbocycles. The molecule has 0 radical (unpaired) electrons. The molecule has 0 bridgehead atoms. The SMILES string of the molecule is Nc1ccn2c(CC3CNC3)ncc2c1. The maximum absolute atomic E-state index is 5.72. The van der Waals surface area contributed by atoms with Crippen LogP contribution in [-0.4, -0.2) is 22.5 Å². The first-order chi connectivity index (χ1) is 7.33. The molecule has 4 nitrogen and oxygen atoms in total. The molecule has 1 aliphatic rings. The number of hydrogen-bond acceptors (Lipinski definition) is 3. The van der Waals surface area contributed by atoms with Crippen LogP contribution in [0.3, 0.4) is 0 Å². The van der Waals surface area contributed by atoms with Crippen molar-refractivity contribution in [3.8, 4) is 0 Å². The fourth-order valence-electron chi connectivity index (χ4n) is 1.97. The van der Waals surface area contributed by atoms with Crippen LogP contribution >= 0.6 is 0 Å². The molecule has 3 N–H and O–H groups in total. The van der Waals surface area contributed by atoms with Crippen LogP contribution in [0.5, 0.6) is 0 Å². The lowest BCUT2D eigenvalue weighted by molar-refractivity contribution is 0.340. The minimum absolute atomic E-state index is 0.744. The number of pyridine rings is 1. The molecule has 0 atom stereocenters. The summed E-state index contributed by atoms with van der Waals surface area (Å²) in [6.45, 7) is 2.23. The zero-order chi connectivity index (χ0) is 10.3. The topological polar surface area (TPSA) is 55.4 Å². The molecule has 1 aliphatic heterocycles. The lowest BCUT2D eigenvalue weighted by atomic mass is 9.99. The molecule has 0 amide bonds. The Morgan fingerprint density at radius 2 is 2.40 bits per heavy atom. The lowest BCUT2D eigenvalue weighted by Crippen LogP contribution is -2.43. The molecule has 0 aromatic carbocycles. The van der Waals surface area contributed by atoms with Crippen molar-refractivity contribution in [1.29, 1.82) is 0 Å². The van der Waals surface area contributed by atoms with Crippen molar-refractivity contribution in [3.05, 3.63) is 30.4 Å². The fourth-order valence-corrected chi connectivity index (χ4v) is 1.97. The Balaban J connectivity index is 1.96. The summed E-state index contributed by atoms with van der Waals surface area (Å²) in [5, 5.41) is 3.27. The molecule has 0 spiro atoms. The second-order valence-electron chi connectivity index (χ2n) is 4.16. The van der Waals surface area contributed by atoms with E-state index in [1.807, 2.05) is 24.5 Å². The molecule has 15 heavy (non-hydrogen) atoms. The van der Waals surface area contributed by atoms with Crippen molar-refractivity contribution in [1.82, 2.24) is 14.7 Å². The maximum atomic E-state index is 5.72. The number of hydrogen-bond donors (Lipinski definition) is 2. The van der Waals surface area contributed by atoms with E-state index in [9.17, 15) is 0 Å². The number of imidazole rings is 1. The Kier molecular flexibility index (Phi) is 1.89. The van der Waals surface area contributed by atoms with Gasteiger partial charge in [0.25, 0.3) is 0 Å². The van der Waals surface area contributed by atoms with Crippen molar-refractivity contribution in [3.63, 3.8) is 0 Å². The Bertz CT molecular complexity index is 484. The van der Waals surface area contributed by atoms with Gasteiger partial charge in [0.05, 0.1) is 11.7 Å². The van der Waals surface area contributed by atoms with Gasteiger partial charge in [-0.3, -0.25) is 0 Å². The average molecular weight is 202 g/mol. The van der Waals surface area contributed by atoms with E-state index in [1.54, 1.807) is 0 Å². The zero-order valence-electron chi connectivity index (χ0n) is 8.48. The zero-order valence-corrected chi connectivity index (χ0v) is 8.48. The van der Waals surface area contributed by atoms with Crippen LogP contribution in [0.15, 0.2) is 24.5 Å². The molecule has 2 aromatic rings. The summed E-state index contributed by atoms with van der Waals surface area (Å²) in [6.07, 6.45) is 4.93. The molecular weight excluding hydrogens is 188 g/mol. The van der Waals surface area contributed by atoms with Crippen molar-refractivity contribution < 1.29 is 0 Å². The van der Waals surface area contributed by atoms with Gasteiger partial charge in [0.15, 0.2) is 0 Å². The standard InChI is InChI=1S/C11H14N4/c12-9-1-2-15-10(4-9)7-14-11(15)3-8-5-13-6-8/h1-2,4,7-8,13H,3,5-6,12H2. The highest BCUT2D eigenvalue weighted by Gasteiger charge is 2.19. The Morgan fingerprint density at radius 1 is 1.53 bits per heavy atom. The minimum Gasteiger partial charge on any atom is -0.399 e. The summed E-state index contributed by atoms with van der Waals surface area (Å²) in [4.78, 5) is 4.44. The Hall–Kier alpha value is -1.55. The number of rotatable bonds is 2. The van der Waals surface area contributed by atoms with Gasteiger partial charge in [-0.25, -0.2) is 4.98 Å². The van der Waals surface area contributed by atoms with Gasteiger partial charge in [0.2, 0.25) is 0 Å². The number of nitrogens with one attached hydrogen (secondary N) is 1. The summed E-state index contributed by atoms with van der Waals surface area (Å²) in [5.74, 6) is 1.88. The molecule has 2 aromatic heterocycles. The number of anilines is 1. The minimum atomic E-state index is 0.744. The average Bonchev–Trinajstić information content (AvgIpc) is 2.54. The monoisotopic (exact) mass is 202 g/mol. The van der Waals surface area contributed by atoms with Gasteiger partial charge in [-0.05, 0) is 31.1 Å². The van der Waals surface area contributed by atoms with Crippen molar-refractivity contribution >= 4 is 11.2 Å². The van der Waals surface area contributed by atoms with E-state index in [0.29, 0.717) is 0 Å². The summed E-state index contributed by atoms with van der Waals surface area (Å²) in [7, 11) is 0. The molecule has 4 heteroatoms. The molecule has 1 saturated heterocycles. The second kappa shape index (κ2) is 3.24. The molecule has 3 heterocycles. The van der Waals surface area contributed by atoms with Crippen molar-refractivity contribution in [2.24, 2.45) is 5.92 Å². The van der Waals surface area contributed by atoms with Gasteiger partial charge in [0, 0.05) is 18.3 Å². The predicted molar refractivity (Wildman–Crippen MR) is 59.7 cm³/mol. The lowest BCUT2D eigenvalue weighted by Gasteiger charge is -2.26. The fraction of sp³-hybridized carbons (Fsp3) is 0.364. The van der Waals surface area contributed by atoms with Crippen LogP contribution in [0.2, 0.25) is 0 Å². The third kappa shape index (κ3) is 1.47. The van der Waals surface area contributed by atoms with Gasteiger partial charge in [-0.1, -0.05) is 0 Å². The van der Waals surface area contributed by atoms with Crippen LogP contribution in [0.1, 0.15) is 5.82 Å². The predicted octanol–water partition coefficient (Wildman–Crippen LogP) is 0.678. The van der Waals surface area contributed by atoms with Crippen LogP contribution in [-0.2, 0) is 6.42 Å². The number of fused-ring (bicyclic) bond motifs is 1. The van der Waals surface area contributed by atoms with Crippen molar-refractivity contribution in [2.75, 3.05) is 18.8 Å². The number of nitrogens with two attached hydrogens (primary N) is 1. The number of aromatic nitrogens is 2. The normalized spacial score (nSPS) is 16.8. The molecule has 3 rings (SSSR count). The Morgan fingerprint density at radius 3 is 3.13 bits per heavy atom. The highest BCUT2D eigenvalue weighted by Crippen LogP contribution is 2.15. The molecule has 0 unspecified atom stereocenters. The molecule has 78 valence electrons. The molecule has 1 fully saturated rings. The van der Waals surface area contributed by atoms with Gasteiger partial charge in [-0.2, -0.15) is 0 Å². The van der Waals surface area contributed by atoms with Crippen LogP contribution in [0.4, 0.5) is 5.69 Å². The summed E-state index contributed by atoms with van der Waals surface area (Å²) >= 11 is 0. The van der Waals surface area contributed by atoms with E-state index in [4.69, 9.17) is 5.73 Å². The first-order valence-electron chi connectivity index (χ1n) is 5.25. The quantitative estimate of drug-likeness (QED) is 0.753. The summed E-state index contributed by atoms with van der Waals surface area (Å²) < 4.78 is 2.12. The van der Waals surface area contributed by atoms with E-state index in [-0.39, 0.29) is 0 Å². The third-order valence-electron chi connectivity index (χ3n) is 2.97. The van der Waals surface area contributed by atoms with E-state index in [2.05, 4.69) is 14.7 Å². The third-order valence-corrected chi connectivity index (χ3v) is 2.97. The van der Waals surface area contributed by atoms with Crippen LogP contribution in [0, 0.1) is 5.92 Å². The second-order valence-corrected chi connectivity index (χ2v) is 4.16. The highest BCUT2D eigenvalue weighted by molar-refractivity contribution is 5.55. The molecule has 0 saturated carbocycles. The van der Waals surface area contributed by atoms with Gasteiger partial charge >= 0.3 is 0 Å². The van der Waals surface area contributed by atoms with Crippen molar-refractivity contribution in [2.45, 2.75) is 6.42 Å². The smallest absolute Gasteiger partial charge is 0.113 e. The number of nitrogen functional groups attached to an aromatic ring is 1. The van der Waals surface area contributed by atoms with Gasteiger partial charge in [0.1, 0.15) is 5.82 Å². The molecular formula is C11H14N4. The maximum Gasteiger partial charge on any atom is 0.113 e. The van der Waals surface area contributed by atoms with E-state index >= 15 is 0 Å². The van der Waals surface area contributed by atoms with E-state index in [1.165, 1.54) is 0 Å². The Labute approximate surface area is 88.1 Å². The summed E-state index contributed by atoms with van der Waals surface area (Å²) in [5.41, 5.74) is 7.59. The van der Waals surface area contributed by atoms with E-state index in [0.717, 1.165) is 42.5 Å². The summed E-state index contributed by atoms with van der Waals surface area (Å²) in [6, 6.07) is 3.87. The van der Waals surface area contributed by atoms with E-state index < -0.39 is 0 Å². The first-order valence-corrected chi connectivity index (χ1v) is 5.25. The van der Waals surface area contributed by atoms with Crippen LogP contribution in [0.25, 0.3) is 5.52 Å². The number of nitrogens with zero attached hydrogens (tertiary/aromatic N) is 2.